The van der Waals surface area contributed by atoms with E-state index in [1.54, 1.807) is 0 Å². The van der Waals surface area contributed by atoms with Crippen LogP contribution in [-0.2, 0) is 9.47 Å². The van der Waals surface area contributed by atoms with Crippen LogP contribution in [0.2, 0.25) is 0 Å². The molecule has 648 valence electrons. The topological polar surface area (TPSA) is 126 Å². The Morgan fingerprint density at radius 2 is 0.725 bits per heavy atom. The number of hydrogen-bond donors (Lipinski definition) is 4. The second-order valence-corrected chi connectivity index (χ2v) is 44.0. The fourth-order valence-corrected chi connectivity index (χ4v) is 16.3. The maximum absolute atomic E-state index is 12.0. The molecule has 0 radical (unpaired) electrons. The first kappa shape index (κ1) is 102. The molecule has 0 aromatic rings. The van der Waals surface area contributed by atoms with Crippen LogP contribution in [0.3, 0.4) is 0 Å². The van der Waals surface area contributed by atoms with Gasteiger partial charge in [0.05, 0.1) is 12.2 Å². The molecule has 10 rings (SSSR count). The molecule has 0 spiro atoms. The lowest BCUT2D eigenvalue weighted by Gasteiger charge is -2.47. The van der Waals surface area contributed by atoms with Crippen LogP contribution < -0.4 is 21.3 Å². The molecule has 10 aliphatic rings. The summed E-state index contributed by atoms with van der Waals surface area (Å²) in [5.41, 5.74) is 2.43. The molecule has 10 fully saturated rings. The van der Waals surface area contributed by atoms with Crippen LogP contribution in [0.15, 0.2) is 0 Å². The normalized spacial score (nSPS) is 26.6. The van der Waals surface area contributed by atoms with Crippen molar-refractivity contribution in [3.63, 3.8) is 0 Å². The monoisotopic (exact) mass is 1540 g/mol. The second-order valence-electron chi connectivity index (χ2n) is 44.0. The summed E-state index contributed by atoms with van der Waals surface area (Å²) in [7, 11) is 4.46. The van der Waals surface area contributed by atoms with Gasteiger partial charge in [0.2, 0.25) is 0 Å². The number of nitrogens with zero attached hydrogens (tertiary/aromatic N) is 13. The maximum atomic E-state index is 12.0. The number of likely N-dealkylation sites (N-methyl/N-ethyl adjacent to an activating group) is 1. The molecule has 10 aliphatic heterocycles. The van der Waals surface area contributed by atoms with Crippen LogP contribution in [0, 0.1) is 0 Å². The zero-order valence-corrected chi connectivity index (χ0v) is 79.2. The molecular formula is C89H189N17O3. The third kappa shape index (κ3) is 41.0. The molecule has 1 amide bonds. The van der Waals surface area contributed by atoms with Gasteiger partial charge >= 0.3 is 6.09 Å². The van der Waals surface area contributed by atoms with Crippen LogP contribution in [0.4, 0.5) is 4.79 Å². The Balaban J connectivity index is 0.000000325. The minimum atomic E-state index is -0.415. The second kappa shape index (κ2) is 45.5. The molecule has 20 heteroatoms. The number of piperidine rings is 1. The van der Waals surface area contributed by atoms with Gasteiger partial charge in [-0.05, 0) is 333 Å². The Hall–Kier alpha value is -1.41. The highest BCUT2D eigenvalue weighted by Crippen LogP contribution is 2.27. The summed E-state index contributed by atoms with van der Waals surface area (Å²) >= 11 is 0. The average Bonchev–Trinajstić information content (AvgIpc) is 1.77. The van der Waals surface area contributed by atoms with Gasteiger partial charge in [-0.15, -0.1) is 0 Å². The molecule has 2 bridgehead atoms. The SMILES string of the molecule is CC(C)(C)N1CC2CNCC(C1)O2.CC(C)(C)N1CCCNCC1.CC(C)(C)N1CCN(C(C)(C)C)CC1.CC1CCN(C(C)(C)C)CCN1.CC1CN(C(=O)OC(C)(C)C)CCN1C(C)(C)C.CC1CN(C(C)(C)C)CCCN1.CN1CCC(N2CCN(C(C)(C)C)CC2)CC1.CN1CCCN(C(C)(C)C)CC1. The molecule has 4 N–H and O–H groups in total. The number of rotatable bonds is 1. The summed E-state index contributed by atoms with van der Waals surface area (Å²) in [6, 6.07) is 2.56. The lowest BCUT2D eigenvalue weighted by molar-refractivity contribution is -0.122. The Labute approximate surface area is 677 Å². The molecule has 5 atom stereocenters. The van der Waals surface area contributed by atoms with Crippen molar-refractivity contribution >= 4 is 6.09 Å². The molecule has 5 unspecified atom stereocenters. The number of fused-ring (bicyclic) bond motifs is 2. The van der Waals surface area contributed by atoms with E-state index in [0.29, 0.717) is 69.1 Å². The van der Waals surface area contributed by atoms with E-state index in [9.17, 15) is 4.79 Å². The van der Waals surface area contributed by atoms with Crippen molar-refractivity contribution in [2.75, 3.05) is 217 Å². The molecule has 10 saturated heterocycles. The molecule has 0 aromatic heterocycles. The van der Waals surface area contributed by atoms with Gasteiger partial charge in [-0.1, -0.05) is 0 Å². The smallest absolute Gasteiger partial charge is 0.410 e. The van der Waals surface area contributed by atoms with Crippen LogP contribution >= 0.6 is 0 Å². The lowest BCUT2D eigenvalue weighted by Crippen LogP contribution is -2.62. The van der Waals surface area contributed by atoms with Crippen LogP contribution in [0.1, 0.15) is 267 Å². The molecule has 109 heavy (non-hydrogen) atoms. The highest BCUT2D eigenvalue weighted by atomic mass is 16.6. The molecule has 20 nitrogen and oxygen atoms in total. The van der Waals surface area contributed by atoms with Crippen molar-refractivity contribution in [1.29, 1.82) is 0 Å². The van der Waals surface area contributed by atoms with E-state index in [2.05, 4.69) is 302 Å². The van der Waals surface area contributed by atoms with Crippen molar-refractivity contribution in [2.45, 2.75) is 359 Å². The van der Waals surface area contributed by atoms with Gasteiger partial charge in [0.15, 0.2) is 0 Å². The van der Waals surface area contributed by atoms with Crippen molar-refractivity contribution in [3.05, 3.63) is 0 Å². The zero-order valence-electron chi connectivity index (χ0n) is 79.2. The number of hydrogen-bond acceptors (Lipinski definition) is 19. The standard InChI is InChI=1S/C14H29N3.C14H28N2O2.C12H26N2.C10H20N2O.3C10H22N2.C9H20N2/c1-14(2,3)17-11-9-16(10-12-17)13-5-7-15(4)8-6-13;1-11-10-15(12(17)18-14(5,6)7)8-9-16(11)13(2,3)4;1-11(2,3)13-7-9-14(10-8-13)12(4,5)6;1-10(2,3)12-6-8-4-11-5-9(7-12)13-8;1-9-5-7-12(8-6-11-9)10(2,3)4;1-10(2,3)12-7-5-6-11(4)8-9-12;1-9-8-12(10(2,3)4)7-5-6-11-9;1-9(2,3)11-7-4-5-10-6-8-11/h13H,5-12H2,1-4H3;11H,8-10H2,1-7H3;7-10H2,1-6H3;8-9,11H,4-7H2,1-3H3;9,11H,5-8H2,1-4H3;5-9H2,1-4H3;9,11H,5-8H2,1-4H3;10H,4-8H2,1-3H3. The number of likely N-dealkylation sites (tertiary alicyclic amines) is 1. The summed E-state index contributed by atoms with van der Waals surface area (Å²) in [6.45, 7) is 110. The van der Waals surface area contributed by atoms with Crippen molar-refractivity contribution in [3.8, 4) is 0 Å². The molecule has 10 heterocycles. The van der Waals surface area contributed by atoms with E-state index < -0.39 is 5.60 Å². The number of carbonyl (C=O) groups excluding carboxylic acids is 1. The summed E-state index contributed by atoms with van der Waals surface area (Å²) < 4.78 is 11.3. The Bertz CT molecular complexity index is 2340. The van der Waals surface area contributed by atoms with Crippen LogP contribution in [0.25, 0.3) is 0 Å². The summed E-state index contributed by atoms with van der Waals surface area (Å²) in [4.78, 5) is 44.4. The van der Waals surface area contributed by atoms with Crippen LogP contribution in [0.5, 0.6) is 0 Å². The Morgan fingerprint density at radius 3 is 1.18 bits per heavy atom. The Morgan fingerprint density at radius 1 is 0.330 bits per heavy atom. The van der Waals surface area contributed by atoms with Gasteiger partial charge in [-0.2, -0.15) is 0 Å². The van der Waals surface area contributed by atoms with Crippen molar-refractivity contribution in [1.82, 2.24) is 85.0 Å². The van der Waals surface area contributed by atoms with E-state index in [1.165, 1.54) is 183 Å². The van der Waals surface area contributed by atoms with E-state index in [1.807, 2.05) is 25.7 Å². The molecule has 0 aromatic carbocycles. The average molecular weight is 1550 g/mol. The van der Waals surface area contributed by atoms with Crippen LogP contribution in [-0.4, -0.2) is 379 Å². The fourth-order valence-electron chi connectivity index (χ4n) is 16.3. The number of piperazine rings is 3. The minimum absolute atomic E-state index is 0.152. The van der Waals surface area contributed by atoms with Gasteiger partial charge in [0.1, 0.15) is 5.60 Å². The first-order chi connectivity index (χ1) is 49.8. The van der Waals surface area contributed by atoms with Gasteiger partial charge < -0.3 is 45.4 Å². The Kier molecular flexibility index (Phi) is 42.5. The van der Waals surface area contributed by atoms with Gasteiger partial charge in [-0.3, -0.25) is 49.0 Å². The highest BCUT2D eigenvalue weighted by molar-refractivity contribution is 5.68. The van der Waals surface area contributed by atoms with Gasteiger partial charge in [0, 0.05) is 225 Å². The van der Waals surface area contributed by atoms with Gasteiger partial charge in [0.25, 0.3) is 0 Å². The summed E-state index contributed by atoms with van der Waals surface area (Å²) in [5, 5.41) is 13.8. The summed E-state index contributed by atoms with van der Waals surface area (Å²) in [5.74, 6) is 0. The molecule has 0 saturated carbocycles. The predicted molar refractivity (Wildman–Crippen MR) is 472 cm³/mol. The highest BCUT2D eigenvalue weighted by Gasteiger charge is 2.38. The zero-order chi connectivity index (χ0) is 83.0. The summed E-state index contributed by atoms with van der Waals surface area (Å²) in [6.07, 6.45) is 8.52. The quantitative estimate of drug-likeness (QED) is 0.199. The van der Waals surface area contributed by atoms with Crippen molar-refractivity contribution < 1.29 is 14.3 Å². The van der Waals surface area contributed by atoms with E-state index >= 15 is 0 Å². The largest absolute Gasteiger partial charge is 0.444 e. The predicted octanol–water partition coefficient (Wildman–Crippen LogP) is 12.3. The van der Waals surface area contributed by atoms with E-state index in [4.69, 9.17) is 9.47 Å². The first-order valence-corrected chi connectivity index (χ1v) is 44.2. The molecule has 0 aliphatic carbocycles. The number of ether oxygens (including phenoxy) is 2. The number of nitrogens with one attached hydrogen (secondary N) is 4. The van der Waals surface area contributed by atoms with Crippen molar-refractivity contribution in [2.24, 2.45) is 0 Å². The number of amides is 1. The van der Waals surface area contributed by atoms with E-state index in [-0.39, 0.29) is 17.2 Å². The number of morpholine rings is 2. The fraction of sp³-hybridized carbons (Fsp3) is 0.989. The third-order valence-corrected chi connectivity index (χ3v) is 23.9. The first-order valence-electron chi connectivity index (χ1n) is 44.2. The van der Waals surface area contributed by atoms with Gasteiger partial charge in [-0.25, -0.2) is 4.79 Å². The lowest BCUT2D eigenvalue weighted by atomic mass is 10.0. The molecular weight excluding hydrogens is 1360 g/mol. The van der Waals surface area contributed by atoms with E-state index in [0.717, 1.165) is 64.9 Å². The maximum Gasteiger partial charge on any atom is 0.410 e. The third-order valence-electron chi connectivity index (χ3n) is 23.9. The minimum Gasteiger partial charge on any atom is -0.444 e. The number of carbonyl (C=O) groups is 1.